The molecule has 0 heterocycles. The summed E-state index contributed by atoms with van der Waals surface area (Å²) in [6, 6.07) is 0. The van der Waals surface area contributed by atoms with Crippen molar-refractivity contribution >= 4 is 8.58 Å². The van der Waals surface area contributed by atoms with Crippen LogP contribution in [-0.4, -0.2) is 0 Å². The van der Waals surface area contributed by atoms with Crippen LogP contribution in [0.1, 0.15) is 232 Å². The van der Waals surface area contributed by atoms with Gasteiger partial charge in [-0.1, -0.05) is 230 Å². The van der Waals surface area contributed by atoms with Crippen molar-refractivity contribution in [2.45, 2.75) is 232 Å². The molecule has 1 radical (unpaired) electrons. The van der Waals surface area contributed by atoms with Crippen LogP contribution >= 0.6 is 8.58 Å². The summed E-state index contributed by atoms with van der Waals surface area (Å²) >= 11 is 0. The lowest BCUT2D eigenvalue weighted by atomic mass is 10.0. The Morgan fingerprint density at radius 3 is 0.683 bits per heavy atom. The van der Waals surface area contributed by atoms with E-state index in [0.717, 1.165) is 0 Å². The van der Waals surface area contributed by atoms with Crippen LogP contribution in [0.25, 0.3) is 0 Å². The molecule has 0 saturated carbocycles. The van der Waals surface area contributed by atoms with Crippen LogP contribution < -0.4 is 0 Å². The minimum Gasteiger partial charge on any atom is -0.0834 e. The van der Waals surface area contributed by atoms with Crippen LogP contribution in [0.2, 0.25) is 0 Å². The summed E-state index contributed by atoms with van der Waals surface area (Å²) in [5, 5.41) is 0. The van der Waals surface area contributed by atoms with Crippen LogP contribution in [0.4, 0.5) is 0 Å². The van der Waals surface area contributed by atoms with Crippen molar-refractivity contribution < 1.29 is 0 Å². The van der Waals surface area contributed by atoms with Gasteiger partial charge in [-0.15, -0.1) is 0 Å². The summed E-state index contributed by atoms with van der Waals surface area (Å²) in [4.78, 5) is 0. The highest BCUT2D eigenvalue weighted by Crippen LogP contribution is 2.18. The van der Waals surface area contributed by atoms with E-state index < -0.39 is 0 Å². The highest BCUT2D eigenvalue weighted by Gasteiger charge is 1.96. The Labute approximate surface area is 264 Å². The quantitative estimate of drug-likeness (QED) is 0.0503. The van der Waals surface area contributed by atoms with Crippen LogP contribution in [0.5, 0.6) is 0 Å². The van der Waals surface area contributed by atoms with Crippen LogP contribution in [-0.2, 0) is 0 Å². The van der Waals surface area contributed by atoms with Gasteiger partial charge in [-0.3, -0.25) is 0 Å². The Morgan fingerprint density at radius 1 is 0.268 bits per heavy atom. The average Bonchev–Trinajstić information content (AvgIpc) is 2.98. The fourth-order valence-corrected chi connectivity index (χ4v) is 6.58. The van der Waals surface area contributed by atoms with E-state index >= 15 is 0 Å². The van der Waals surface area contributed by atoms with Crippen molar-refractivity contribution in [2.75, 3.05) is 0 Å². The molecule has 0 aromatic carbocycles. The third-order valence-corrected chi connectivity index (χ3v) is 9.60. The molecule has 0 unspecified atom stereocenters. The predicted molar refractivity (Wildman–Crippen MR) is 194 cm³/mol. The van der Waals surface area contributed by atoms with Gasteiger partial charge in [0.1, 0.15) is 0 Å². The van der Waals surface area contributed by atoms with Gasteiger partial charge in [0.2, 0.25) is 0 Å². The first kappa shape index (κ1) is 40.9. The number of hydrogen-bond donors (Lipinski definition) is 0. The lowest BCUT2D eigenvalue weighted by molar-refractivity contribution is 0.530. The lowest BCUT2D eigenvalue weighted by Crippen LogP contribution is -1.83. The first-order valence-electron chi connectivity index (χ1n) is 19.4. The maximum atomic E-state index is 2.41. The first-order chi connectivity index (χ1) is 20.4. The molecule has 0 fully saturated rings. The number of rotatable bonds is 36. The SMILES string of the molecule is CCCCCCCCCCCCCCCCCCC=C[P]C=CCCCCCCCCCCCCCCCCCC. The molecule has 0 aliphatic rings. The molecular weight excluding hydrogens is 511 g/mol. The molecule has 0 saturated heterocycles. The maximum absolute atomic E-state index is 2.41. The zero-order valence-electron chi connectivity index (χ0n) is 28.8. The molecule has 0 bridgehead atoms. The van der Waals surface area contributed by atoms with Crippen molar-refractivity contribution in [3.63, 3.8) is 0 Å². The molecule has 0 aromatic rings. The molecule has 0 nitrogen and oxygen atoms in total. The smallest absolute Gasteiger partial charge is 0.0267 e. The van der Waals surface area contributed by atoms with Crippen LogP contribution in [0, 0.1) is 0 Å². The summed E-state index contributed by atoms with van der Waals surface area (Å²) in [5.74, 6) is 4.71. The maximum Gasteiger partial charge on any atom is -0.0267 e. The van der Waals surface area contributed by atoms with Gasteiger partial charge in [-0.2, -0.15) is 0 Å². The van der Waals surface area contributed by atoms with E-state index in [9.17, 15) is 0 Å². The third kappa shape index (κ3) is 39.9. The lowest BCUT2D eigenvalue weighted by Gasteiger charge is -2.03. The molecule has 1 heteroatoms. The highest BCUT2D eigenvalue weighted by atomic mass is 31.1. The monoisotopic (exact) mass is 590 g/mol. The Hall–Kier alpha value is -0.0900. The summed E-state index contributed by atoms with van der Waals surface area (Å²) in [5.41, 5.74) is 0. The van der Waals surface area contributed by atoms with Gasteiger partial charge in [0.15, 0.2) is 0 Å². The van der Waals surface area contributed by atoms with E-state index in [4.69, 9.17) is 0 Å². The van der Waals surface area contributed by atoms with Gasteiger partial charge in [-0.25, -0.2) is 0 Å². The van der Waals surface area contributed by atoms with Gasteiger partial charge >= 0.3 is 0 Å². The Bertz CT molecular complexity index is 449. The minimum atomic E-state index is 1.28. The van der Waals surface area contributed by atoms with Gasteiger partial charge < -0.3 is 0 Å². The van der Waals surface area contributed by atoms with E-state index in [2.05, 4.69) is 37.6 Å². The van der Waals surface area contributed by atoms with E-state index in [-0.39, 0.29) is 0 Å². The fraction of sp³-hybridized carbons (Fsp3) is 0.900. The van der Waals surface area contributed by atoms with Gasteiger partial charge in [0, 0.05) is 0 Å². The second-order valence-electron chi connectivity index (χ2n) is 13.1. The molecule has 0 amide bonds. The van der Waals surface area contributed by atoms with Crippen molar-refractivity contribution in [3.8, 4) is 0 Å². The van der Waals surface area contributed by atoms with E-state index in [1.807, 2.05) is 0 Å². The predicted octanol–water partition coefficient (Wildman–Crippen LogP) is 16.3. The van der Waals surface area contributed by atoms with Crippen molar-refractivity contribution in [2.24, 2.45) is 0 Å². The molecular formula is C40H78P. The normalized spacial score (nSPS) is 12.2. The molecule has 0 N–H and O–H groups in total. The molecule has 0 spiro atoms. The Kier molecular flexibility index (Phi) is 39.8. The zero-order valence-corrected chi connectivity index (χ0v) is 29.7. The summed E-state index contributed by atoms with van der Waals surface area (Å²) < 4.78 is 0. The highest BCUT2D eigenvalue weighted by molar-refractivity contribution is 7.45. The molecule has 0 rings (SSSR count). The summed E-state index contributed by atoms with van der Waals surface area (Å²) in [6.45, 7) is 4.61. The van der Waals surface area contributed by atoms with E-state index in [1.54, 1.807) is 0 Å². The largest absolute Gasteiger partial charge is 0.0834 e. The molecule has 0 aliphatic heterocycles. The minimum absolute atomic E-state index is 1.28. The van der Waals surface area contributed by atoms with E-state index in [0.29, 0.717) is 0 Å². The molecule has 0 aromatic heterocycles. The van der Waals surface area contributed by atoms with Gasteiger partial charge in [-0.05, 0) is 34.3 Å². The number of hydrogen-bond acceptors (Lipinski definition) is 0. The van der Waals surface area contributed by atoms with Crippen LogP contribution in [0.15, 0.2) is 23.8 Å². The van der Waals surface area contributed by atoms with E-state index in [1.165, 1.54) is 227 Å². The molecule has 0 aliphatic carbocycles. The second kappa shape index (κ2) is 39.9. The number of allylic oxidation sites excluding steroid dienone is 2. The fourth-order valence-electron chi connectivity index (χ4n) is 5.94. The third-order valence-electron chi connectivity index (χ3n) is 8.83. The standard InChI is InChI=1S/C40H78P/c1-3-5-7-9-11-13-15-17-19-21-23-25-27-29-31-33-35-37-39-41-40-38-36-34-32-30-28-26-24-22-20-18-16-14-12-10-8-6-4-2/h37-40H,3-36H2,1-2H3. The number of unbranched alkanes of at least 4 members (excludes halogenated alkanes) is 32. The van der Waals surface area contributed by atoms with Crippen LogP contribution in [0.3, 0.4) is 0 Å². The molecule has 41 heavy (non-hydrogen) atoms. The Morgan fingerprint density at radius 2 is 0.463 bits per heavy atom. The first-order valence-corrected chi connectivity index (χ1v) is 20.4. The average molecular weight is 590 g/mol. The molecule has 243 valence electrons. The summed E-state index contributed by atoms with van der Waals surface area (Å²) in [7, 11) is 1.38. The Balaban J connectivity index is 3.14. The molecule has 0 atom stereocenters. The summed E-state index contributed by atoms with van der Waals surface area (Å²) in [6.07, 6.45) is 53.9. The van der Waals surface area contributed by atoms with Gasteiger partial charge in [0.25, 0.3) is 0 Å². The second-order valence-corrected chi connectivity index (χ2v) is 14.0. The van der Waals surface area contributed by atoms with Crippen molar-refractivity contribution in [1.29, 1.82) is 0 Å². The zero-order chi connectivity index (χ0) is 29.6. The van der Waals surface area contributed by atoms with Crippen molar-refractivity contribution in [3.05, 3.63) is 23.8 Å². The van der Waals surface area contributed by atoms with Crippen molar-refractivity contribution in [1.82, 2.24) is 0 Å². The van der Waals surface area contributed by atoms with Gasteiger partial charge in [0.05, 0.1) is 0 Å². The topological polar surface area (TPSA) is 0 Å².